The van der Waals surface area contributed by atoms with Gasteiger partial charge in [-0.25, -0.2) is 4.39 Å². The van der Waals surface area contributed by atoms with Crippen LogP contribution in [0.5, 0.6) is 5.75 Å². The van der Waals surface area contributed by atoms with E-state index in [-0.39, 0.29) is 24.3 Å². The molecule has 0 aromatic heterocycles. The molecule has 6 nitrogen and oxygen atoms in total. The van der Waals surface area contributed by atoms with Gasteiger partial charge in [-0.2, -0.15) is 0 Å². The van der Waals surface area contributed by atoms with Crippen molar-refractivity contribution < 1.29 is 19.0 Å². The molecule has 0 aliphatic carbocycles. The Labute approximate surface area is 180 Å². The Kier molecular flexibility index (Phi) is 7.66. The second kappa shape index (κ2) is 10.2. The normalized spacial score (nSPS) is 19.6. The third kappa shape index (κ3) is 6.40. The Balaban J connectivity index is 1.56. The second-order valence-electron chi connectivity index (χ2n) is 7.75. The highest BCUT2D eigenvalue weighted by atomic mass is 35.5. The summed E-state index contributed by atoms with van der Waals surface area (Å²) in [5, 5.41) is 18.0. The second-order valence-corrected chi connectivity index (χ2v) is 8.19. The van der Waals surface area contributed by atoms with Crippen LogP contribution in [-0.2, 0) is 17.6 Å². The zero-order valence-electron chi connectivity index (χ0n) is 16.7. The van der Waals surface area contributed by atoms with Crippen LogP contribution in [0.2, 0.25) is 5.02 Å². The van der Waals surface area contributed by atoms with Gasteiger partial charge in [-0.1, -0.05) is 29.8 Å². The van der Waals surface area contributed by atoms with Crippen LogP contribution >= 0.6 is 11.6 Å². The Morgan fingerprint density at radius 3 is 2.77 bits per heavy atom. The maximum Gasteiger partial charge on any atom is 0.221 e. The van der Waals surface area contributed by atoms with Crippen molar-refractivity contribution in [2.45, 2.75) is 30.9 Å². The summed E-state index contributed by atoms with van der Waals surface area (Å²) in [4.78, 5) is 11.2. The van der Waals surface area contributed by atoms with Crippen LogP contribution in [0.15, 0.2) is 42.5 Å². The molecule has 2 aromatic carbocycles. The summed E-state index contributed by atoms with van der Waals surface area (Å²) in [6, 6.07) is 11.7. The highest BCUT2D eigenvalue weighted by molar-refractivity contribution is 6.30. The highest BCUT2D eigenvalue weighted by Gasteiger charge is 2.34. The fourth-order valence-corrected chi connectivity index (χ4v) is 3.80. The number of aliphatic hydroxyl groups excluding tert-OH is 1. The molecule has 1 aliphatic heterocycles. The molecule has 3 rings (SSSR count). The number of rotatable bonds is 10. The average molecular weight is 436 g/mol. The molecule has 1 fully saturated rings. The molecule has 0 bridgehead atoms. The van der Waals surface area contributed by atoms with Crippen molar-refractivity contribution in [1.29, 1.82) is 0 Å². The van der Waals surface area contributed by atoms with Crippen LogP contribution in [0, 0.1) is 5.82 Å². The summed E-state index contributed by atoms with van der Waals surface area (Å²) in [6.07, 6.45) is 0.866. The smallest absolute Gasteiger partial charge is 0.221 e. The Bertz CT molecular complexity index is 857. The number of benzene rings is 2. The van der Waals surface area contributed by atoms with Crippen LogP contribution in [0.3, 0.4) is 0 Å². The van der Waals surface area contributed by atoms with Crippen LogP contribution in [0.4, 0.5) is 4.39 Å². The molecule has 1 amide bonds. The third-order valence-corrected chi connectivity index (χ3v) is 5.49. The fraction of sp³-hybridized carbons (Fsp3) is 0.409. The van der Waals surface area contributed by atoms with E-state index < -0.39 is 17.8 Å². The number of aliphatic hydroxyl groups is 1. The molecular formula is C22H27ClFN3O3. The lowest BCUT2D eigenvalue weighted by atomic mass is 9.89. The number of carbonyl (C=O) groups is 1. The van der Waals surface area contributed by atoms with Crippen molar-refractivity contribution in [2.75, 3.05) is 26.2 Å². The number of amides is 1. The summed E-state index contributed by atoms with van der Waals surface area (Å²) >= 11 is 5.98. The zero-order chi connectivity index (χ0) is 21.6. The molecule has 5 N–H and O–H groups in total. The van der Waals surface area contributed by atoms with E-state index in [0.29, 0.717) is 17.1 Å². The number of nitrogens with one attached hydrogen (secondary N) is 2. The molecule has 2 atom stereocenters. The molecule has 1 heterocycles. The van der Waals surface area contributed by atoms with Crippen LogP contribution < -0.4 is 21.1 Å². The van der Waals surface area contributed by atoms with Crippen molar-refractivity contribution in [3.05, 3.63) is 64.4 Å². The molecular weight excluding hydrogens is 409 g/mol. The molecule has 30 heavy (non-hydrogen) atoms. The van der Waals surface area contributed by atoms with Crippen molar-refractivity contribution in [3.63, 3.8) is 0 Å². The quantitative estimate of drug-likeness (QED) is 0.456. The predicted molar refractivity (Wildman–Crippen MR) is 114 cm³/mol. The Morgan fingerprint density at radius 2 is 2.10 bits per heavy atom. The van der Waals surface area contributed by atoms with Gasteiger partial charge in [0, 0.05) is 35.3 Å². The number of hydrogen-bond acceptors (Lipinski definition) is 5. The Hall–Kier alpha value is -2.19. The highest BCUT2D eigenvalue weighted by Crippen LogP contribution is 2.23. The Morgan fingerprint density at radius 1 is 1.33 bits per heavy atom. The zero-order valence-corrected chi connectivity index (χ0v) is 17.4. The predicted octanol–water partition coefficient (Wildman–Crippen LogP) is 1.81. The fourth-order valence-electron chi connectivity index (χ4n) is 3.68. The van der Waals surface area contributed by atoms with Crippen molar-refractivity contribution in [2.24, 2.45) is 5.73 Å². The van der Waals surface area contributed by atoms with E-state index in [1.807, 2.05) is 24.3 Å². The van der Waals surface area contributed by atoms with Gasteiger partial charge in [0.2, 0.25) is 5.91 Å². The van der Waals surface area contributed by atoms with E-state index in [4.69, 9.17) is 22.1 Å². The van der Waals surface area contributed by atoms with E-state index >= 15 is 0 Å². The van der Waals surface area contributed by atoms with Gasteiger partial charge in [-0.15, -0.1) is 0 Å². The SMILES string of the molecule is NC(=O)Cc1ccc(F)cc1OC[C@@H](O)CN[C@]1(Cc2ccc(Cl)cc2)CCNC1. The van der Waals surface area contributed by atoms with Crippen molar-refractivity contribution in [3.8, 4) is 5.75 Å². The van der Waals surface area contributed by atoms with E-state index in [0.717, 1.165) is 31.5 Å². The number of nitrogens with two attached hydrogens (primary N) is 1. The van der Waals surface area contributed by atoms with Crippen LogP contribution in [-0.4, -0.2) is 48.9 Å². The van der Waals surface area contributed by atoms with Gasteiger partial charge in [-0.05, 0) is 43.1 Å². The molecule has 0 spiro atoms. The minimum atomic E-state index is -0.808. The van der Waals surface area contributed by atoms with Crippen molar-refractivity contribution in [1.82, 2.24) is 10.6 Å². The van der Waals surface area contributed by atoms with Crippen molar-refractivity contribution >= 4 is 17.5 Å². The summed E-state index contributed by atoms with van der Waals surface area (Å²) in [6.45, 7) is 1.96. The third-order valence-electron chi connectivity index (χ3n) is 5.24. The number of hydrogen-bond donors (Lipinski definition) is 4. The number of ether oxygens (including phenoxy) is 1. The number of halogens is 2. The summed E-state index contributed by atoms with van der Waals surface area (Å²) in [5.74, 6) is -0.803. The minimum absolute atomic E-state index is 0.0351. The summed E-state index contributed by atoms with van der Waals surface area (Å²) < 4.78 is 19.1. The maximum atomic E-state index is 13.6. The van der Waals surface area contributed by atoms with Gasteiger partial charge in [0.15, 0.2) is 0 Å². The first-order valence-corrected chi connectivity index (χ1v) is 10.3. The number of primary amides is 1. The van der Waals surface area contributed by atoms with Gasteiger partial charge in [0.1, 0.15) is 24.3 Å². The van der Waals surface area contributed by atoms with E-state index in [9.17, 15) is 14.3 Å². The van der Waals surface area contributed by atoms with Gasteiger partial charge in [0.05, 0.1) is 6.42 Å². The van der Waals surface area contributed by atoms with Crippen LogP contribution in [0.25, 0.3) is 0 Å². The minimum Gasteiger partial charge on any atom is -0.490 e. The molecule has 2 aromatic rings. The topological polar surface area (TPSA) is 96.6 Å². The van der Waals surface area contributed by atoms with Gasteiger partial charge in [-0.3, -0.25) is 4.79 Å². The standard InChI is InChI=1S/C22H27ClFN3O3/c23-17-4-1-15(2-5-17)11-22(7-8-26-14-22)27-12-19(28)13-30-20-10-18(24)6-3-16(20)9-21(25)29/h1-6,10,19,26-28H,7-9,11-14H2,(H2,25,29)/t19-,22-/m0/s1. The molecule has 0 saturated carbocycles. The molecule has 0 unspecified atom stereocenters. The first kappa shape index (κ1) is 22.5. The molecule has 1 aliphatic rings. The maximum absolute atomic E-state index is 13.6. The van der Waals surface area contributed by atoms with Gasteiger partial charge >= 0.3 is 0 Å². The average Bonchev–Trinajstić information content (AvgIpc) is 3.17. The summed E-state index contributed by atoms with van der Waals surface area (Å²) in [5.41, 5.74) is 6.71. The lowest BCUT2D eigenvalue weighted by Gasteiger charge is -2.31. The molecule has 162 valence electrons. The largest absolute Gasteiger partial charge is 0.490 e. The first-order chi connectivity index (χ1) is 14.3. The monoisotopic (exact) mass is 435 g/mol. The number of β-amino-alcohol motifs (C(OH)–C–C–N with tert-alkyl or cyclic N) is 1. The van der Waals surface area contributed by atoms with E-state index in [1.165, 1.54) is 18.2 Å². The molecule has 8 heteroatoms. The molecule has 1 saturated heterocycles. The lowest BCUT2D eigenvalue weighted by molar-refractivity contribution is -0.117. The lowest BCUT2D eigenvalue weighted by Crippen LogP contribution is -2.52. The first-order valence-electron chi connectivity index (χ1n) is 9.93. The van der Waals surface area contributed by atoms with Gasteiger partial charge in [0.25, 0.3) is 0 Å². The van der Waals surface area contributed by atoms with E-state index in [1.54, 1.807) is 0 Å². The number of carbonyl (C=O) groups excluding carboxylic acids is 1. The summed E-state index contributed by atoms with van der Waals surface area (Å²) in [7, 11) is 0. The van der Waals surface area contributed by atoms with Gasteiger partial charge < -0.3 is 26.2 Å². The van der Waals surface area contributed by atoms with Crippen LogP contribution in [0.1, 0.15) is 17.5 Å². The molecule has 0 radical (unpaired) electrons. The van der Waals surface area contributed by atoms with E-state index in [2.05, 4.69) is 10.6 Å².